The first-order valence-electron chi connectivity index (χ1n) is 10.2. The Morgan fingerprint density at radius 2 is 1.91 bits per heavy atom. The van der Waals surface area contributed by atoms with Gasteiger partial charge in [0.2, 0.25) is 0 Å². The Balaban J connectivity index is 1.31. The van der Waals surface area contributed by atoms with Crippen molar-refractivity contribution in [3.63, 3.8) is 0 Å². The molecule has 3 heterocycles. The van der Waals surface area contributed by atoms with Crippen LogP contribution in [-0.2, 0) is 13.0 Å². The standard InChI is InChI=1S/C25H17Cl2FN4O/c26-18-1-2-22-16(8-18)6-15(11-30-22)5-14-3-4-29-24(7-14)25(33)32-12-17-9-19-20(27)13-31-23(19)10-21(17)28/h1-4,6-11,13,31H,5,12H2,(H,32,33). The Labute approximate surface area is 198 Å². The van der Waals surface area contributed by atoms with Crippen molar-refractivity contribution in [2.75, 3.05) is 0 Å². The van der Waals surface area contributed by atoms with Crippen LogP contribution in [0.1, 0.15) is 27.2 Å². The number of carbonyl (C=O) groups is 1. The molecule has 2 N–H and O–H groups in total. The molecular formula is C25H17Cl2FN4O. The van der Waals surface area contributed by atoms with Crippen molar-refractivity contribution in [3.8, 4) is 0 Å². The lowest BCUT2D eigenvalue weighted by molar-refractivity contribution is 0.0945. The van der Waals surface area contributed by atoms with Crippen molar-refractivity contribution in [2.45, 2.75) is 13.0 Å². The lowest BCUT2D eigenvalue weighted by Crippen LogP contribution is -2.24. The molecule has 0 saturated heterocycles. The van der Waals surface area contributed by atoms with Gasteiger partial charge in [0.1, 0.15) is 11.5 Å². The van der Waals surface area contributed by atoms with E-state index in [9.17, 15) is 9.18 Å². The first kappa shape index (κ1) is 21.4. The summed E-state index contributed by atoms with van der Waals surface area (Å²) in [6, 6.07) is 14.1. The number of hydrogen-bond donors (Lipinski definition) is 2. The number of nitrogens with zero attached hydrogens (tertiary/aromatic N) is 2. The highest BCUT2D eigenvalue weighted by molar-refractivity contribution is 6.35. The van der Waals surface area contributed by atoms with Crippen molar-refractivity contribution in [1.82, 2.24) is 20.3 Å². The maximum absolute atomic E-state index is 14.4. The summed E-state index contributed by atoms with van der Waals surface area (Å²) < 4.78 is 14.4. The number of aromatic nitrogens is 3. The Morgan fingerprint density at radius 3 is 2.79 bits per heavy atom. The van der Waals surface area contributed by atoms with Gasteiger partial charge in [-0.3, -0.25) is 14.8 Å². The monoisotopic (exact) mass is 478 g/mol. The van der Waals surface area contributed by atoms with E-state index in [1.807, 2.05) is 30.5 Å². The third-order valence-electron chi connectivity index (χ3n) is 5.40. The number of hydrogen-bond acceptors (Lipinski definition) is 3. The second kappa shape index (κ2) is 8.81. The molecule has 0 fully saturated rings. The second-order valence-electron chi connectivity index (χ2n) is 7.72. The van der Waals surface area contributed by atoms with Crippen LogP contribution in [0.4, 0.5) is 4.39 Å². The van der Waals surface area contributed by atoms with Gasteiger partial charge in [0.25, 0.3) is 5.91 Å². The van der Waals surface area contributed by atoms with Gasteiger partial charge in [0.05, 0.1) is 10.5 Å². The molecule has 0 saturated carbocycles. The highest BCUT2D eigenvalue weighted by Crippen LogP contribution is 2.26. The SMILES string of the molecule is O=C(NCc1cc2c(Cl)c[nH]c2cc1F)c1cc(Cc2cnc3ccc(Cl)cc3c2)ccn1. The van der Waals surface area contributed by atoms with Crippen LogP contribution < -0.4 is 5.32 Å². The van der Waals surface area contributed by atoms with Gasteiger partial charge in [-0.25, -0.2) is 4.39 Å². The summed E-state index contributed by atoms with van der Waals surface area (Å²) in [5.74, 6) is -0.813. The van der Waals surface area contributed by atoms with E-state index >= 15 is 0 Å². The van der Waals surface area contributed by atoms with Crippen molar-refractivity contribution in [2.24, 2.45) is 0 Å². The molecule has 0 spiro atoms. The number of carbonyl (C=O) groups excluding carboxylic acids is 1. The predicted octanol–water partition coefficient (Wildman–Crippen LogP) is 6.08. The average Bonchev–Trinajstić information content (AvgIpc) is 3.16. The molecule has 8 heteroatoms. The van der Waals surface area contributed by atoms with E-state index in [0.717, 1.165) is 22.0 Å². The minimum atomic E-state index is -0.424. The molecule has 1 amide bonds. The molecule has 164 valence electrons. The summed E-state index contributed by atoms with van der Waals surface area (Å²) in [6.07, 6.45) is 5.57. The minimum Gasteiger partial charge on any atom is -0.360 e. The molecule has 5 aromatic rings. The van der Waals surface area contributed by atoms with E-state index in [1.165, 1.54) is 6.07 Å². The molecule has 33 heavy (non-hydrogen) atoms. The van der Waals surface area contributed by atoms with Gasteiger partial charge in [-0.05, 0) is 66.1 Å². The normalized spacial score (nSPS) is 11.2. The number of rotatable bonds is 5. The second-order valence-corrected chi connectivity index (χ2v) is 8.56. The van der Waals surface area contributed by atoms with Crippen LogP contribution in [0, 0.1) is 5.82 Å². The topological polar surface area (TPSA) is 70.7 Å². The van der Waals surface area contributed by atoms with Crippen molar-refractivity contribution in [3.05, 3.63) is 105 Å². The number of pyridine rings is 2. The zero-order valence-corrected chi connectivity index (χ0v) is 18.7. The molecule has 0 bridgehead atoms. The molecular weight excluding hydrogens is 462 g/mol. The number of halogens is 3. The van der Waals surface area contributed by atoms with E-state index in [0.29, 0.717) is 32.9 Å². The third-order valence-corrected chi connectivity index (χ3v) is 5.95. The zero-order chi connectivity index (χ0) is 22.9. The average molecular weight is 479 g/mol. The highest BCUT2D eigenvalue weighted by atomic mass is 35.5. The fraction of sp³-hybridized carbons (Fsp3) is 0.0800. The first-order chi connectivity index (χ1) is 16.0. The van der Waals surface area contributed by atoms with Crippen LogP contribution in [0.15, 0.2) is 67.1 Å². The minimum absolute atomic E-state index is 0.0172. The van der Waals surface area contributed by atoms with E-state index in [4.69, 9.17) is 23.2 Å². The number of benzene rings is 2. The van der Waals surface area contributed by atoms with E-state index in [2.05, 4.69) is 20.3 Å². The maximum atomic E-state index is 14.4. The molecule has 0 aliphatic heterocycles. The van der Waals surface area contributed by atoms with Gasteiger partial charge in [-0.2, -0.15) is 0 Å². The summed E-state index contributed by atoms with van der Waals surface area (Å²) in [6.45, 7) is 0.0172. The maximum Gasteiger partial charge on any atom is 0.270 e. The van der Waals surface area contributed by atoms with Gasteiger partial charge in [-0.1, -0.05) is 23.2 Å². The number of fused-ring (bicyclic) bond motifs is 2. The zero-order valence-electron chi connectivity index (χ0n) is 17.2. The quantitative estimate of drug-likeness (QED) is 0.321. The first-order valence-corrected chi connectivity index (χ1v) is 10.9. The summed E-state index contributed by atoms with van der Waals surface area (Å²) in [5.41, 5.74) is 3.96. The van der Waals surface area contributed by atoms with Crippen molar-refractivity contribution >= 4 is 50.9 Å². The molecule has 0 radical (unpaired) electrons. The predicted molar refractivity (Wildman–Crippen MR) is 128 cm³/mol. The number of nitrogens with one attached hydrogen (secondary N) is 2. The largest absolute Gasteiger partial charge is 0.360 e. The van der Waals surface area contributed by atoms with E-state index in [1.54, 1.807) is 30.6 Å². The van der Waals surface area contributed by atoms with E-state index in [-0.39, 0.29) is 18.1 Å². The van der Waals surface area contributed by atoms with E-state index < -0.39 is 5.82 Å². The fourth-order valence-corrected chi connectivity index (χ4v) is 4.14. The summed E-state index contributed by atoms with van der Waals surface area (Å²) >= 11 is 12.2. The van der Waals surface area contributed by atoms with Crippen LogP contribution in [0.25, 0.3) is 21.8 Å². The van der Waals surface area contributed by atoms with Crippen LogP contribution in [0.3, 0.4) is 0 Å². The molecule has 2 aromatic carbocycles. The van der Waals surface area contributed by atoms with Crippen molar-refractivity contribution < 1.29 is 9.18 Å². The molecule has 0 atom stereocenters. The van der Waals surface area contributed by atoms with Crippen LogP contribution >= 0.6 is 23.2 Å². The molecule has 0 aliphatic rings. The van der Waals surface area contributed by atoms with Crippen molar-refractivity contribution in [1.29, 1.82) is 0 Å². The van der Waals surface area contributed by atoms with Crippen LogP contribution in [0.2, 0.25) is 10.0 Å². The number of amides is 1. The van der Waals surface area contributed by atoms with Gasteiger partial charge >= 0.3 is 0 Å². The smallest absolute Gasteiger partial charge is 0.270 e. The van der Waals surface area contributed by atoms with Gasteiger partial charge in [0.15, 0.2) is 0 Å². The van der Waals surface area contributed by atoms with Crippen LogP contribution in [0.5, 0.6) is 0 Å². The lowest BCUT2D eigenvalue weighted by atomic mass is 10.0. The summed E-state index contributed by atoms with van der Waals surface area (Å²) in [5, 5.41) is 5.54. The number of aromatic amines is 1. The third kappa shape index (κ3) is 4.53. The Morgan fingerprint density at radius 1 is 1.03 bits per heavy atom. The summed E-state index contributed by atoms with van der Waals surface area (Å²) in [7, 11) is 0. The van der Waals surface area contributed by atoms with Gasteiger partial charge < -0.3 is 10.3 Å². The van der Waals surface area contributed by atoms with Gasteiger partial charge in [-0.15, -0.1) is 0 Å². The molecule has 0 unspecified atom stereocenters. The highest BCUT2D eigenvalue weighted by Gasteiger charge is 2.12. The molecule has 0 aliphatic carbocycles. The Bertz CT molecular complexity index is 1520. The molecule has 5 rings (SSSR count). The summed E-state index contributed by atoms with van der Waals surface area (Å²) in [4.78, 5) is 24.2. The molecule has 3 aromatic heterocycles. The Kier molecular flexibility index (Phi) is 5.70. The molecule has 5 nitrogen and oxygen atoms in total. The Hall–Kier alpha value is -3.48. The lowest BCUT2D eigenvalue weighted by Gasteiger charge is -2.08. The van der Waals surface area contributed by atoms with Crippen LogP contribution in [-0.4, -0.2) is 20.9 Å². The fourth-order valence-electron chi connectivity index (χ4n) is 3.74. The van der Waals surface area contributed by atoms with Gasteiger partial charge in [0, 0.05) is 52.0 Å². The number of H-pyrrole nitrogens is 1.